The summed E-state index contributed by atoms with van der Waals surface area (Å²) in [5, 5.41) is 2.75. The molecule has 0 atom stereocenters. The van der Waals surface area contributed by atoms with E-state index >= 15 is 0 Å². The molecule has 0 spiro atoms. The number of ether oxygens (including phenoxy) is 2. The van der Waals surface area contributed by atoms with E-state index in [4.69, 9.17) is 13.9 Å². The molecule has 0 aliphatic carbocycles. The van der Waals surface area contributed by atoms with Crippen LogP contribution in [0.5, 0.6) is 11.5 Å². The van der Waals surface area contributed by atoms with Crippen LogP contribution in [-0.4, -0.2) is 12.7 Å². The lowest BCUT2D eigenvalue weighted by molar-refractivity contribution is 0.102. The van der Waals surface area contributed by atoms with E-state index in [1.54, 1.807) is 32.0 Å². The average molecular weight is 287 g/mol. The van der Waals surface area contributed by atoms with Crippen LogP contribution in [0.25, 0.3) is 0 Å². The molecule has 6 heteroatoms. The maximum Gasteiger partial charge on any atom is 0.336 e. The minimum Gasteiger partial charge on any atom is -0.454 e. The summed E-state index contributed by atoms with van der Waals surface area (Å²) in [6.07, 6.45) is 0. The number of carbonyl (C=O) groups is 1. The van der Waals surface area contributed by atoms with Gasteiger partial charge in [-0.15, -0.1) is 0 Å². The van der Waals surface area contributed by atoms with Gasteiger partial charge in [-0.05, 0) is 31.5 Å². The van der Waals surface area contributed by atoms with Crippen LogP contribution < -0.4 is 20.4 Å². The van der Waals surface area contributed by atoms with E-state index < -0.39 is 5.63 Å². The molecule has 1 N–H and O–H groups in total. The predicted molar refractivity (Wildman–Crippen MR) is 75.0 cm³/mol. The quantitative estimate of drug-likeness (QED) is 0.916. The third-order valence-corrected chi connectivity index (χ3v) is 3.19. The average Bonchev–Trinajstić information content (AvgIpc) is 2.84. The zero-order valence-corrected chi connectivity index (χ0v) is 11.6. The molecule has 0 saturated heterocycles. The number of hydrogen-bond acceptors (Lipinski definition) is 5. The highest BCUT2D eigenvalue weighted by Crippen LogP contribution is 2.34. The molecule has 0 fully saturated rings. The topological polar surface area (TPSA) is 77.8 Å². The van der Waals surface area contributed by atoms with Crippen molar-refractivity contribution in [1.29, 1.82) is 0 Å². The summed E-state index contributed by atoms with van der Waals surface area (Å²) < 4.78 is 15.4. The minimum absolute atomic E-state index is 0.175. The van der Waals surface area contributed by atoms with Crippen molar-refractivity contribution in [2.45, 2.75) is 13.8 Å². The standard InChI is InChI=1S/C15H13NO5/c1-8-5-13(17)21-9(2)14(8)15(18)16-10-3-4-11-12(6-10)20-7-19-11/h3-6H,7H2,1-2H3,(H,16,18). The van der Waals surface area contributed by atoms with Gasteiger partial charge in [0.2, 0.25) is 6.79 Å². The van der Waals surface area contributed by atoms with Gasteiger partial charge in [-0.2, -0.15) is 0 Å². The van der Waals surface area contributed by atoms with Crippen LogP contribution in [-0.2, 0) is 0 Å². The third kappa shape index (κ3) is 2.47. The summed E-state index contributed by atoms with van der Waals surface area (Å²) in [6, 6.07) is 6.42. The molecule has 0 saturated carbocycles. The van der Waals surface area contributed by atoms with E-state index in [1.807, 2.05) is 0 Å². The SMILES string of the molecule is Cc1cc(=O)oc(C)c1C(=O)Nc1ccc2c(c1)OCO2. The van der Waals surface area contributed by atoms with Crippen molar-refractivity contribution in [3.63, 3.8) is 0 Å². The molecular weight excluding hydrogens is 274 g/mol. The van der Waals surface area contributed by atoms with Gasteiger partial charge in [-0.1, -0.05) is 0 Å². The molecular formula is C15H13NO5. The van der Waals surface area contributed by atoms with E-state index in [0.717, 1.165) is 0 Å². The van der Waals surface area contributed by atoms with Crippen LogP contribution in [0.1, 0.15) is 21.7 Å². The zero-order valence-electron chi connectivity index (χ0n) is 11.6. The molecule has 1 aliphatic rings. The monoisotopic (exact) mass is 287 g/mol. The molecule has 1 aromatic heterocycles. The zero-order chi connectivity index (χ0) is 15.0. The summed E-state index contributed by atoms with van der Waals surface area (Å²) in [4.78, 5) is 23.6. The van der Waals surface area contributed by atoms with E-state index in [9.17, 15) is 9.59 Å². The molecule has 0 radical (unpaired) electrons. The summed E-state index contributed by atoms with van der Waals surface area (Å²) in [6.45, 7) is 3.45. The Balaban J connectivity index is 1.89. The van der Waals surface area contributed by atoms with Gasteiger partial charge in [0.15, 0.2) is 11.5 Å². The number of rotatable bonds is 2. The maximum atomic E-state index is 12.3. The second kappa shape index (κ2) is 4.97. The van der Waals surface area contributed by atoms with Crippen LogP contribution >= 0.6 is 0 Å². The van der Waals surface area contributed by atoms with Crippen molar-refractivity contribution in [1.82, 2.24) is 0 Å². The molecule has 6 nitrogen and oxygen atoms in total. The smallest absolute Gasteiger partial charge is 0.336 e. The Hall–Kier alpha value is -2.76. The molecule has 21 heavy (non-hydrogen) atoms. The highest BCUT2D eigenvalue weighted by atomic mass is 16.7. The lowest BCUT2D eigenvalue weighted by atomic mass is 10.1. The third-order valence-electron chi connectivity index (χ3n) is 3.19. The van der Waals surface area contributed by atoms with Gasteiger partial charge in [-0.25, -0.2) is 4.79 Å². The first-order chi connectivity index (χ1) is 10.0. The highest BCUT2D eigenvalue weighted by Gasteiger charge is 2.18. The predicted octanol–water partition coefficient (Wildman–Crippen LogP) is 2.24. The maximum absolute atomic E-state index is 12.3. The van der Waals surface area contributed by atoms with Crippen LogP contribution in [0.15, 0.2) is 33.5 Å². The Morgan fingerprint density at radius 3 is 2.67 bits per heavy atom. The first kappa shape index (κ1) is 13.2. The number of nitrogens with one attached hydrogen (secondary N) is 1. The summed E-state index contributed by atoms with van der Waals surface area (Å²) >= 11 is 0. The molecule has 1 aromatic carbocycles. The fourth-order valence-corrected chi connectivity index (χ4v) is 2.26. The number of amides is 1. The van der Waals surface area contributed by atoms with Gasteiger partial charge in [0, 0.05) is 17.8 Å². The van der Waals surface area contributed by atoms with Crippen molar-refractivity contribution in [2.24, 2.45) is 0 Å². The van der Waals surface area contributed by atoms with Crippen molar-refractivity contribution in [3.05, 3.63) is 51.6 Å². The molecule has 1 amide bonds. The van der Waals surface area contributed by atoms with Gasteiger partial charge >= 0.3 is 5.63 Å². The second-order valence-electron chi connectivity index (χ2n) is 4.70. The van der Waals surface area contributed by atoms with Crippen molar-refractivity contribution >= 4 is 11.6 Å². The number of hydrogen-bond donors (Lipinski definition) is 1. The number of anilines is 1. The van der Waals surface area contributed by atoms with E-state index in [-0.39, 0.29) is 12.7 Å². The normalized spacial score (nSPS) is 12.3. The van der Waals surface area contributed by atoms with Gasteiger partial charge in [0.25, 0.3) is 5.91 Å². The van der Waals surface area contributed by atoms with Crippen LogP contribution in [0.4, 0.5) is 5.69 Å². The summed E-state index contributed by atoms with van der Waals surface area (Å²) in [7, 11) is 0. The first-order valence-corrected chi connectivity index (χ1v) is 6.37. The summed E-state index contributed by atoms with van der Waals surface area (Å²) in [5.41, 5.74) is 1.04. The largest absolute Gasteiger partial charge is 0.454 e. The Kier molecular flexibility index (Phi) is 3.13. The molecule has 0 bridgehead atoms. The summed E-state index contributed by atoms with van der Waals surface area (Å²) in [5.74, 6) is 1.18. The van der Waals surface area contributed by atoms with Gasteiger partial charge in [0.1, 0.15) is 5.76 Å². The number of carbonyl (C=O) groups excluding carboxylic acids is 1. The van der Waals surface area contributed by atoms with Crippen LogP contribution in [0.2, 0.25) is 0 Å². The minimum atomic E-state index is -0.468. The van der Waals surface area contributed by atoms with Crippen molar-refractivity contribution in [3.8, 4) is 11.5 Å². The molecule has 2 heterocycles. The Morgan fingerprint density at radius 1 is 1.14 bits per heavy atom. The molecule has 108 valence electrons. The number of benzene rings is 1. The fraction of sp³-hybridized carbons (Fsp3) is 0.200. The lowest BCUT2D eigenvalue weighted by Gasteiger charge is -2.09. The van der Waals surface area contributed by atoms with Crippen LogP contribution in [0.3, 0.4) is 0 Å². The molecule has 3 rings (SSSR count). The second-order valence-corrected chi connectivity index (χ2v) is 4.70. The lowest BCUT2D eigenvalue weighted by Crippen LogP contribution is -2.17. The van der Waals surface area contributed by atoms with E-state index in [1.165, 1.54) is 6.07 Å². The Morgan fingerprint density at radius 2 is 1.90 bits per heavy atom. The van der Waals surface area contributed by atoms with Gasteiger partial charge in [-0.3, -0.25) is 4.79 Å². The van der Waals surface area contributed by atoms with Crippen molar-refractivity contribution < 1.29 is 18.7 Å². The molecule has 1 aliphatic heterocycles. The van der Waals surface area contributed by atoms with Gasteiger partial charge < -0.3 is 19.2 Å². The molecule has 0 unspecified atom stereocenters. The van der Waals surface area contributed by atoms with Crippen molar-refractivity contribution in [2.75, 3.05) is 12.1 Å². The highest BCUT2D eigenvalue weighted by molar-refractivity contribution is 6.06. The van der Waals surface area contributed by atoms with E-state index in [2.05, 4.69) is 5.32 Å². The van der Waals surface area contributed by atoms with E-state index in [0.29, 0.717) is 34.1 Å². The Labute approximate surface area is 120 Å². The van der Waals surface area contributed by atoms with Gasteiger partial charge in [0.05, 0.1) is 5.56 Å². The number of aryl methyl sites for hydroxylation is 2. The first-order valence-electron chi connectivity index (χ1n) is 6.37. The Bertz CT molecular complexity index is 752. The molecule has 2 aromatic rings. The number of fused-ring (bicyclic) bond motifs is 1. The van der Waals surface area contributed by atoms with Crippen LogP contribution in [0, 0.1) is 13.8 Å². The fourth-order valence-electron chi connectivity index (χ4n) is 2.26.